The summed E-state index contributed by atoms with van der Waals surface area (Å²) in [5.41, 5.74) is 0.934. The van der Waals surface area contributed by atoms with Crippen molar-refractivity contribution in [1.82, 2.24) is 0 Å². The Morgan fingerprint density at radius 2 is 2.09 bits per heavy atom. The lowest BCUT2D eigenvalue weighted by atomic mass is 10.0. The highest BCUT2D eigenvalue weighted by molar-refractivity contribution is 7.91. The summed E-state index contributed by atoms with van der Waals surface area (Å²) in [6.07, 6.45) is 0.668. The topological polar surface area (TPSA) is 114 Å². The largest absolute Gasteiger partial charge is 0.475 e. The molecule has 1 aromatic carbocycles. The number of benzene rings is 1. The Labute approximate surface area is 132 Å². The number of aromatic carboxylic acids is 1. The number of sulfone groups is 1. The zero-order chi connectivity index (χ0) is 16.6. The molecule has 1 aromatic heterocycles. The Bertz CT molecular complexity index is 883. The van der Waals surface area contributed by atoms with Gasteiger partial charge in [0.1, 0.15) is 5.58 Å². The van der Waals surface area contributed by atoms with Crippen LogP contribution in [0.25, 0.3) is 11.0 Å². The molecule has 1 saturated heterocycles. The van der Waals surface area contributed by atoms with E-state index >= 15 is 0 Å². The van der Waals surface area contributed by atoms with Crippen LogP contribution in [0.2, 0.25) is 0 Å². The number of anilines is 1. The molecule has 0 bridgehead atoms. The predicted octanol–water partition coefficient (Wildman–Crippen LogP) is 1.89. The zero-order valence-corrected chi connectivity index (χ0v) is 12.9. The van der Waals surface area contributed by atoms with E-state index in [-0.39, 0.29) is 35.5 Å². The number of carbonyl (C=O) groups is 2. The third-order valence-corrected chi connectivity index (χ3v) is 5.65. The Morgan fingerprint density at radius 1 is 1.30 bits per heavy atom. The van der Waals surface area contributed by atoms with Crippen LogP contribution in [-0.2, 0) is 14.6 Å². The van der Waals surface area contributed by atoms with Crippen molar-refractivity contribution in [3.05, 3.63) is 30.0 Å². The maximum atomic E-state index is 12.0. The molecular weight excluding hydrogens is 322 g/mol. The standard InChI is InChI=1S/C15H15NO6S/c17-14(5-9-3-4-23(20,21)8-9)16-11-1-2-12-10(6-11)7-13(22-12)15(18)19/h1-2,6-7,9H,3-5,8H2,(H,16,17)(H,18,19). The quantitative estimate of drug-likeness (QED) is 0.881. The van der Waals surface area contributed by atoms with Gasteiger partial charge in [0.2, 0.25) is 11.7 Å². The highest BCUT2D eigenvalue weighted by Crippen LogP contribution is 2.25. The van der Waals surface area contributed by atoms with E-state index in [0.717, 1.165) is 0 Å². The fourth-order valence-corrected chi connectivity index (χ4v) is 4.60. The van der Waals surface area contributed by atoms with Gasteiger partial charge in [-0.2, -0.15) is 0 Å². The minimum atomic E-state index is -3.00. The van der Waals surface area contributed by atoms with Gasteiger partial charge >= 0.3 is 5.97 Å². The van der Waals surface area contributed by atoms with Crippen LogP contribution in [0.1, 0.15) is 23.4 Å². The Morgan fingerprint density at radius 3 is 2.74 bits per heavy atom. The third kappa shape index (κ3) is 3.53. The van der Waals surface area contributed by atoms with Gasteiger partial charge in [0.05, 0.1) is 11.5 Å². The minimum absolute atomic E-state index is 0.0587. The van der Waals surface area contributed by atoms with Crippen molar-refractivity contribution in [2.24, 2.45) is 5.92 Å². The van der Waals surface area contributed by atoms with Crippen molar-refractivity contribution in [2.45, 2.75) is 12.8 Å². The molecule has 0 spiro atoms. The minimum Gasteiger partial charge on any atom is -0.475 e. The van der Waals surface area contributed by atoms with Crippen LogP contribution >= 0.6 is 0 Å². The maximum absolute atomic E-state index is 12.0. The van der Waals surface area contributed by atoms with Gasteiger partial charge < -0.3 is 14.8 Å². The van der Waals surface area contributed by atoms with E-state index in [2.05, 4.69) is 5.32 Å². The van der Waals surface area contributed by atoms with E-state index in [0.29, 0.717) is 23.1 Å². The van der Waals surface area contributed by atoms with Gasteiger partial charge in [0, 0.05) is 17.5 Å². The summed E-state index contributed by atoms with van der Waals surface area (Å²) in [6, 6.07) is 6.20. The average molecular weight is 337 g/mol. The molecular formula is C15H15NO6S. The first-order valence-corrected chi connectivity index (χ1v) is 8.92. The molecule has 2 aromatic rings. The van der Waals surface area contributed by atoms with E-state index in [4.69, 9.17) is 9.52 Å². The normalized spacial score (nSPS) is 19.7. The summed E-state index contributed by atoms with van der Waals surface area (Å²) in [5, 5.41) is 12.2. The molecule has 122 valence electrons. The van der Waals surface area contributed by atoms with Gasteiger partial charge in [-0.25, -0.2) is 13.2 Å². The lowest BCUT2D eigenvalue weighted by Gasteiger charge is -2.08. The lowest BCUT2D eigenvalue weighted by Crippen LogP contribution is -2.17. The monoisotopic (exact) mass is 337 g/mol. The van der Waals surface area contributed by atoms with Crippen LogP contribution in [0.5, 0.6) is 0 Å². The number of furan rings is 1. The molecule has 1 aliphatic rings. The molecule has 1 fully saturated rings. The van der Waals surface area contributed by atoms with Crippen LogP contribution in [0.3, 0.4) is 0 Å². The molecule has 7 nitrogen and oxygen atoms in total. The number of hydrogen-bond donors (Lipinski definition) is 2. The summed E-state index contributed by atoms with van der Waals surface area (Å²) in [6.45, 7) is 0. The van der Waals surface area contributed by atoms with Crippen molar-refractivity contribution in [2.75, 3.05) is 16.8 Å². The highest BCUT2D eigenvalue weighted by atomic mass is 32.2. The molecule has 1 atom stereocenters. The van der Waals surface area contributed by atoms with Gasteiger partial charge in [-0.3, -0.25) is 4.79 Å². The smallest absolute Gasteiger partial charge is 0.371 e. The number of carbonyl (C=O) groups excluding carboxylic acids is 1. The predicted molar refractivity (Wildman–Crippen MR) is 83.2 cm³/mol. The number of carboxylic acids is 1. The molecule has 1 aliphatic heterocycles. The first-order chi connectivity index (χ1) is 10.8. The summed E-state index contributed by atoms with van der Waals surface area (Å²) in [4.78, 5) is 22.9. The van der Waals surface area contributed by atoms with E-state index < -0.39 is 15.8 Å². The second-order valence-corrected chi connectivity index (χ2v) is 7.92. The van der Waals surface area contributed by atoms with Gasteiger partial charge in [-0.05, 0) is 36.6 Å². The van der Waals surface area contributed by atoms with E-state index in [1.54, 1.807) is 18.2 Å². The van der Waals surface area contributed by atoms with E-state index in [1.165, 1.54) is 6.07 Å². The highest BCUT2D eigenvalue weighted by Gasteiger charge is 2.29. The number of nitrogens with one attached hydrogen (secondary N) is 1. The van der Waals surface area contributed by atoms with Gasteiger partial charge in [-0.1, -0.05) is 0 Å². The number of fused-ring (bicyclic) bond motifs is 1. The molecule has 0 radical (unpaired) electrons. The second kappa shape index (κ2) is 5.69. The molecule has 2 heterocycles. The maximum Gasteiger partial charge on any atom is 0.371 e. The first kappa shape index (κ1) is 15.5. The summed E-state index contributed by atoms with van der Waals surface area (Å²) in [7, 11) is -3.00. The van der Waals surface area contributed by atoms with Crippen LogP contribution < -0.4 is 5.32 Å². The number of hydrogen-bond acceptors (Lipinski definition) is 5. The summed E-state index contributed by atoms with van der Waals surface area (Å²) in [5.74, 6) is -1.52. The Hall–Kier alpha value is -2.35. The first-order valence-electron chi connectivity index (χ1n) is 7.09. The summed E-state index contributed by atoms with van der Waals surface area (Å²) >= 11 is 0. The van der Waals surface area contributed by atoms with Crippen molar-refractivity contribution < 1.29 is 27.5 Å². The Balaban J connectivity index is 1.68. The Kier molecular flexibility index (Phi) is 3.85. The zero-order valence-electron chi connectivity index (χ0n) is 12.1. The molecule has 1 unspecified atom stereocenters. The average Bonchev–Trinajstić information content (AvgIpc) is 3.01. The fourth-order valence-electron chi connectivity index (χ4n) is 2.73. The van der Waals surface area contributed by atoms with Crippen LogP contribution in [0.4, 0.5) is 5.69 Å². The van der Waals surface area contributed by atoms with Crippen molar-refractivity contribution in [3.63, 3.8) is 0 Å². The van der Waals surface area contributed by atoms with Gasteiger partial charge in [0.25, 0.3) is 0 Å². The molecule has 0 saturated carbocycles. The van der Waals surface area contributed by atoms with Crippen LogP contribution in [-0.4, -0.2) is 36.9 Å². The molecule has 1 amide bonds. The van der Waals surface area contributed by atoms with Crippen molar-refractivity contribution >= 4 is 38.4 Å². The second-order valence-electron chi connectivity index (χ2n) is 5.69. The lowest BCUT2D eigenvalue weighted by molar-refractivity contribution is -0.116. The SMILES string of the molecule is O=C(CC1CCS(=O)(=O)C1)Nc1ccc2oc(C(=O)O)cc2c1. The number of rotatable bonds is 4. The van der Waals surface area contributed by atoms with Crippen LogP contribution in [0.15, 0.2) is 28.7 Å². The number of carboxylic acid groups (broad SMARTS) is 1. The molecule has 2 N–H and O–H groups in total. The van der Waals surface area contributed by atoms with Crippen molar-refractivity contribution in [3.8, 4) is 0 Å². The molecule has 23 heavy (non-hydrogen) atoms. The van der Waals surface area contributed by atoms with Gasteiger partial charge in [0.15, 0.2) is 9.84 Å². The van der Waals surface area contributed by atoms with Crippen LogP contribution in [0, 0.1) is 5.92 Å². The molecule has 3 rings (SSSR count). The van der Waals surface area contributed by atoms with E-state index in [1.807, 2.05) is 0 Å². The number of amides is 1. The van der Waals surface area contributed by atoms with E-state index in [9.17, 15) is 18.0 Å². The molecule has 8 heteroatoms. The fraction of sp³-hybridized carbons (Fsp3) is 0.333. The summed E-state index contributed by atoms with van der Waals surface area (Å²) < 4.78 is 27.9. The van der Waals surface area contributed by atoms with Gasteiger partial charge in [-0.15, -0.1) is 0 Å². The van der Waals surface area contributed by atoms with Crippen molar-refractivity contribution in [1.29, 1.82) is 0 Å². The third-order valence-electron chi connectivity index (χ3n) is 3.81. The molecule has 0 aliphatic carbocycles.